The summed E-state index contributed by atoms with van der Waals surface area (Å²) in [7, 11) is 0. The number of hydrogen-bond donors (Lipinski definition) is 1. The molecule has 1 heterocycles. The van der Waals surface area contributed by atoms with Gasteiger partial charge in [0.2, 0.25) is 0 Å². The maximum absolute atomic E-state index is 11.8. The second kappa shape index (κ2) is 5.59. The van der Waals surface area contributed by atoms with Gasteiger partial charge in [-0.3, -0.25) is 0 Å². The lowest BCUT2D eigenvalue weighted by Crippen LogP contribution is -2.19. The van der Waals surface area contributed by atoms with Crippen LogP contribution in [0.1, 0.15) is 30.1 Å². The lowest BCUT2D eigenvalue weighted by Gasteiger charge is -2.12. The molecule has 1 aromatic rings. The van der Waals surface area contributed by atoms with Crippen LogP contribution in [0.5, 0.6) is 0 Å². The number of benzene rings is 1. The van der Waals surface area contributed by atoms with Crippen molar-refractivity contribution in [3.8, 4) is 0 Å². The Balaban J connectivity index is 1.91. The molecule has 1 saturated heterocycles. The molecule has 1 fully saturated rings. The lowest BCUT2D eigenvalue weighted by atomic mass is 10.2. The number of hydrogen-bond acceptors (Lipinski definition) is 4. The highest BCUT2D eigenvalue weighted by atomic mass is 35.5. The third-order valence-electron chi connectivity index (χ3n) is 2.95. The summed E-state index contributed by atoms with van der Waals surface area (Å²) in [6, 6.07) is 4.72. The van der Waals surface area contributed by atoms with Crippen molar-refractivity contribution in [1.29, 1.82) is 0 Å². The maximum Gasteiger partial charge on any atom is 0.340 e. The number of anilines is 1. The summed E-state index contributed by atoms with van der Waals surface area (Å²) in [5.41, 5.74) is 6.38. The van der Waals surface area contributed by atoms with Crippen molar-refractivity contribution in [3.05, 3.63) is 28.8 Å². The molecule has 0 aromatic heterocycles. The van der Waals surface area contributed by atoms with Gasteiger partial charge in [-0.1, -0.05) is 11.6 Å². The highest BCUT2D eigenvalue weighted by molar-refractivity contribution is 6.31. The maximum atomic E-state index is 11.8. The topological polar surface area (TPSA) is 61.5 Å². The number of halogens is 1. The number of carbonyl (C=O) groups is 1. The van der Waals surface area contributed by atoms with Gasteiger partial charge in [0.05, 0.1) is 17.8 Å². The quantitative estimate of drug-likeness (QED) is 0.677. The third kappa shape index (κ3) is 3.15. The van der Waals surface area contributed by atoms with Gasteiger partial charge in [-0.25, -0.2) is 4.79 Å². The normalized spacial score (nSPS) is 23.0. The minimum absolute atomic E-state index is 0.00234. The fourth-order valence-corrected chi connectivity index (χ4v) is 2.15. The smallest absolute Gasteiger partial charge is 0.340 e. The molecular weight excluding hydrogens is 254 g/mol. The summed E-state index contributed by atoms with van der Waals surface area (Å²) < 4.78 is 10.8. The van der Waals surface area contributed by atoms with E-state index in [0.29, 0.717) is 16.3 Å². The van der Waals surface area contributed by atoms with E-state index >= 15 is 0 Å². The summed E-state index contributed by atoms with van der Waals surface area (Å²) in [6.45, 7) is 2.28. The predicted octanol–water partition coefficient (Wildman–Crippen LogP) is 2.65. The first-order valence-electron chi connectivity index (χ1n) is 5.94. The van der Waals surface area contributed by atoms with E-state index < -0.39 is 5.97 Å². The Kier molecular flexibility index (Phi) is 4.09. The molecule has 5 heteroatoms. The molecule has 0 bridgehead atoms. The van der Waals surface area contributed by atoms with Crippen LogP contribution in [0.2, 0.25) is 5.02 Å². The molecule has 1 aliphatic rings. The number of nitrogens with two attached hydrogens (primary N) is 1. The van der Waals surface area contributed by atoms with E-state index in [2.05, 4.69) is 0 Å². The number of rotatable bonds is 3. The van der Waals surface area contributed by atoms with Gasteiger partial charge in [0.25, 0.3) is 0 Å². The van der Waals surface area contributed by atoms with Gasteiger partial charge in [-0.2, -0.15) is 0 Å². The van der Waals surface area contributed by atoms with Gasteiger partial charge in [0.15, 0.2) is 0 Å². The molecule has 2 N–H and O–H groups in total. The molecule has 2 rings (SSSR count). The highest BCUT2D eigenvalue weighted by Crippen LogP contribution is 2.21. The summed E-state index contributed by atoms with van der Waals surface area (Å²) in [4.78, 5) is 11.8. The third-order valence-corrected chi connectivity index (χ3v) is 3.19. The number of nitrogen functional groups attached to an aromatic ring is 1. The fraction of sp³-hybridized carbons (Fsp3) is 0.462. The molecule has 0 radical (unpaired) electrons. The molecule has 0 aliphatic carbocycles. The van der Waals surface area contributed by atoms with Crippen LogP contribution in [0.15, 0.2) is 18.2 Å². The van der Waals surface area contributed by atoms with Gasteiger partial charge in [0, 0.05) is 10.7 Å². The first-order chi connectivity index (χ1) is 8.56. The van der Waals surface area contributed by atoms with E-state index in [9.17, 15) is 4.79 Å². The second-order valence-electron chi connectivity index (χ2n) is 4.48. The van der Waals surface area contributed by atoms with Crippen LogP contribution >= 0.6 is 11.6 Å². The summed E-state index contributed by atoms with van der Waals surface area (Å²) in [6.07, 6.45) is 2.17. The molecule has 98 valence electrons. The zero-order valence-electron chi connectivity index (χ0n) is 10.2. The van der Waals surface area contributed by atoms with Crippen LogP contribution in [0.4, 0.5) is 5.69 Å². The number of ether oxygens (including phenoxy) is 2. The van der Waals surface area contributed by atoms with E-state index in [-0.39, 0.29) is 18.8 Å². The van der Waals surface area contributed by atoms with E-state index in [4.69, 9.17) is 26.8 Å². The SMILES string of the molecule is CC1CCC(COC(=O)c2ccc(Cl)cc2N)O1. The highest BCUT2D eigenvalue weighted by Gasteiger charge is 2.23. The Labute approximate surface area is 111 Å². The summed E-state index contributed by atoms with van der Waals surface area (Å²) >= 11 is 5.77. The Morgan fingerprint density at radius 1 is 1.56 bits per heavy atom. The first-order valence-corrected chi connectivity index (χ1v) is 6.31. The minimum Gasteiger partial charge on any atom is -0.459 e. The van der Waals surface area contributed by atoms with Crippen molar-refractivity contribution < 1.29 is 14.3 Å². The first kappa shape index (κ1) is 13.2. The van der Waals surface area contributed by atoms with Crippen molar-refractivity contribution in [2.75, 3.05) is 12.3 Å². The van der Waals surface area contributed by atoms with E-state index in [1.165, 1.54) is 6.07 Å². The second-order valence-corrected chi connectivity index (χ2v) is 4.91. The zero-order chi connectivity index (χ0) is 13.1. The summed E-state index contributed by atoms with van der Waals surface area (Å²) in [5, 5.41) is 0.497. The van der Waals surface area contributed by atoms with Gasteiger partial charge < -0.3 is 15.2 Å². The molecule has 0 saturated carbocycles. The molecule has 2 atom stereocenters. The average molecular weight is 270 g/mol. The van der Waals surface area contributed by atoms with Crippen molar-refractivity contribution in [2.24, 2.45) is 0 Å². The van der Waals surface area contributed by atoms with E-state index in [1.807, 2.05) is 6.92 Å². The van der Waals surface area contributed by atoms with Crippen molar-refractivity contribution in [3.63, 3.8) is 0 Å². The van der Waals surface area contributed by atoms with Crippen LogP contribution in [-0.4, -0.2) is 24.8 Å². The summed E-state index contributed by atoms with van der Waals surface area (Å²) in [5.74, 6) is -0.438. The monoisotopic (exact) mass is 269 g/mol. The molecule has 1 aromatic carbocycles. The Hall–Kier alpha value is -1.26. The van der Waals surface area contributed by atoms with Crippen LogP contribution < -0.4 is 5.73 Å². The Morgan fingerprint density at radius 3 is 2.94 bits per heavy atom. The predicted molar refractivity (Wildman–Crippen MR) is 69.7 cm³/mol. The van der Waals surface area contributed by atoms with Gasteiger partial charge in [-0.15, -0.1) is 0 Å². The average Bonchev–Trinajstić information content (AvgIpc) is 2.72. The lowest BCUT2D eigenvalue weighted by molar-refractivity contribution is -0.00259. The molecule has 0 spiro atoms. The van der Waals surface area contributed by atoms with Crippen molar-refractivity contribution in [2.45, 2.75) is 32.0 Å². The number of esters is 1. The van der Waals surface area contributed by atoms with Crippen LogP contribution in [-0.2, 0) is 9.47 Å². The number of carbonyl (C=O) groups excluding carboxylic acids is 1. The molecule has 18 heavy (non-hydrogen) atoms. The zero-order valence-corrected chi connectivity index (χ0v) is 10.9. The van der Waals surface area contributed by atoms with Crippen molar-refractivity contribution in [1.82, 2.24) is 0 Å². The molecule has 2 unspecified atom stereocenters. The molecule has 4 nitrogen and oxygen atoms in total. The van der Waals surface area contributed by atoms with E-state index in [0.717, 1.165) is 12.8 Å². The van der Waals surface area contributed by atoms with Gasteiger partial charge >= 0.3 is 5.97 Å². The van der Waals surface area contributed by atoms with Gasteiger partial charge in [0.1, 0.15) is 6.61 Å². The molecule has 0 amide bonds. The fourth-order valence-electron chi connectivity index (χ4n) is 1.97. The Bertz CT molecular complexity index is 450. The minimum atomic E-state index is -0.438. The largest absolute Gasteiger partial charge is 0.459 e. The standard InChI is InChI=1S/C13H16ClNO3/c1-8-2-4-10(18-8)7-17-13(16)11-5-3-9(14)6-12(11)15/h3,5-6,8,10H,2,4,7,15H2,1H3. The molecular formula is C13H16ClNO3. The van der Waals surface area contributed by atoms with Crippen LogP contribution in [0, 0.1) is 0 Å². The Morgan fingerprint density at radius 2 is 2.33 bits per heavy atom. The van der Waals surface area contributed by atoms with E-state index in [1.54, 1.807) is 12.1 Å². The van der Waals surface area contributed by atoms with Gasteiger partial charge in [-0.05, 0) is 38.0 Å². The van der Waals surface area contributed by atoms with Crippen molar-refractivity contribution >= 4 is 23.3 Å². The van der Waals surface area contributed by atoms with Crippen LogP contribution in [0.3, 0.4) is 0 Å². The van der Waals surface area contributed by atoms with Crippen LogP contribution in [0.25, 0.3) is 0 Å². The molecule has 1 aliphatic heterocycles.